The zero-order valence-electron chi connectivity index (χ0n) is 15.4. The van der Waals surface area contributed by atoms with Crippen molar-refractivity contribution < 1.29 is 18.8 Å². The van der Waals surface area contributed by atoms with Crippen LogP contribution in [0.1, 0.15) is 18.2 Å². The Hall–Kier alpha value is -3.02. The molecule has 0 spiro atoms. The summed E-state index contributed by atoms with van der Waals surface area (Å²) in [5.74, 6) is 1.19. The molecule has 0 aliphatic carbocycles. The minimum atomic E-state index is -0.0873. The second-order valence-corrected chi connectivity index (χ2v) is 5.98. The van der Waals surface area contributed by atoms with E-state index in [-0.39, 0.29) is 12.3 Å². The van der Waals surface area contributed by atoms with Gasteiger partial charge < -0.3 is 18.9 Å². The van der Waals surface area contributed by atoms with E-state index in [9.17, 15) is 4.79 Å². The Morgan fingerprint density at radius 2 is 1.96 bits per heavy atom. The molecule has 26 heavy (non-hydrogen) atoms. The van der Waals surface area contributed by atoms with Crippen molar-refractivity contribution in [3.8, 4) is 11.5 Å². The molecule has 0 saturated carbocycles. The highest BCUT2D eigenvalue weighted by Gasteiger charge is 2.21. The number of amides is 1. The van der Waals surface area contributed by atoms with Gasteiger partial charge in [-0.3, -0.25) is 4.79 Å². The summed E-state index contributed by atoms with van der Waals surface area (Å²) in [6, 6.07) is 11.2. The minimum Gasteiger partial charge on any atom is -0.497 e. The summed E-state index contributed by atoms with van der Waals surface area (Å²) in [7, 11) is 3.17. The molecule has 3 aromatic rings. The van der Waals surface area contributed by atoms with Crippen LogP contribution in [0.4, 0.5) is 5.69 Å². The Morgan fingerprint density at radius 3 is 2.65 bits per heavy atom. The number of ether oxygens (including phenoxy) is 2. The molecular formula is C20H22N2O4. The lowest BCUT2D eigenvalue weighted by Gasteiger charge is -2.23. The molecule has 0 saturated heterocycles. The first-order valence-corrected chi connectivity index (χ1v) is 8.44. The van der Waals surface area contributed by atoms with E-state index < -0.39 is 0 Å². The molecule has 1 heterocycles. The second kappa shape index (κ2) is 7.47. The van der Waals surface area contributed by atoms with E-state index >= 15 is 0 Å². The van der Waals surface area contributed by atoms with Crippen LogP contribution >= 0.6 is 0 Å². The fourth-order valence-electron chi connectivity index (χ4n) is 2.96. The van der Waals surface area contributed by atoms with E-state index in [1.165, 1.54) is 0 Å². The molecule has 0 aliphatic heterocycles. The molecule has 0 radical (unpaired) electrons. The van der Waals surface area contributed by atoms with E-state index in [0.717, 1.165) is 10.9 Å². The van der Waals surface area contributed by atoms with Crippen molar-refractivity contribution in [3.63, 3.8) is 0 Å². The number of benzene rings is 2. The molecule has 0 bridgehead atoms. The standard InChI is InChI=1S/C20H22N2O4/c1-5-22(17-11-14(24-3)7-9-19(17)25-4)20(23)12-16-15-10-13(2)6-8-18(15)26-21-16/h6-11H,5,12H2,1-4H3. The number of likely N-dealkylation sites (N-methyl/N-ethyl adjacent to an activating group) is 1. The van der Waals surface area contributed by atoms with Crippen LogP contribution in [0.15, 0.2) is 40.9 Å². The summed E-state index contributed by atoms with van der Waals surface area (Å²) in [5.41, 5.74) is 3.08. The van der Waals surface area contributed by atoms with Crippen LogP contribution in [0.25, 0.3) is 11.0 Å². The molecule has 0 N–H and O–H groups in total. The smallest absolute Gasteiger partial charge is 0.233 e. The first-order valence-electron chi connectivity index (χ1n) is 8.44. The number of hydrogen-bond donors (Lipinski definition) is 0. The first kappa shape index (κ1) is 17.8. The summed E-state index contributed by atoms with van der Waals surface area (Å²) in [4.78, 5) is 14.7. The molecule has 0 aliphatic rings. The number of fused-ring (bicyclic) bond motifs is 1. The zero-order chi connectivity index (χ0) is 18.7. The third-order valence-corrected chi connectivity index (χ3v) is 4.31. The normalized spacial score (nSPS) is 10.8. The third kappa shape index (κ3) is 3.35. The van der Waals surface area contributed by atoms with Gasteiger partial charge in [0, 0.05) is 18.0 Å². The SMILES string of the molecule is CCN(C(=O)Cc1noc2ccc(C)cc12)c1cc(OC)ccc1OC. The van der Waals surface area contributed by atoms with Gasteiger partial charge in [-0.2, -0.15) is 0 Å². The van der Waals surface area contributed by atoms with Gasteiger partial charge >= 0.3 is 0 Å². The Bertz CT molecular complexity index is 933. The van der Waals surface area contributed by atoms with E-state index in [1.54, 1.807) is 37.3 Å². The Balaban J connectivity index is 1.93. The molecule has 0 atom stereocenters. The minimum absolute atomic E-state index is 0.0873. The van der Waals surface area contributed by atoms with Gasteiger partial charge in [0.15, 0.2) is 5.58 Å². The monoisotopic (exact) mass is 354 g/mol. The van der Waals surface area contributed by atoms with Crippen molar-refractivity contribution in [3.05, 3.63) is 47.7 Å². The Labute approximate surface area is 152 Å². The largest absolute Gasteiger partial charge is 0.497 e. The molecule has 1 amide bonds. The van der Waals surface area contributed by atoms with Crippen LogP contribution in [-0.2, 0) is 11.2 Å². The maximum atomic E-state index is 13.0. The molecule has 0 fully saturated rings. The van der Waals surface area contributed by atoms with E-state index in [2.05, 4.69) is 5.16 Å². The number of hydrogen-bond acceptors (Lipinski definition) is 5. The van der Waals surface area contributed by atoms with Gasteiger partial charge in [-0.15, -0.1) is 0 Å². The van der Waals surface area contributed by atoms with Crippen LogP contribution in [0, 0.1) is 6.92 Å². The fourth-order valence-corrected chi connectivity index (χ4v) is 2.96. The summed E-state index contributed by atoms with van der Waals surface area (Å²) in [6.07, 6.45) is 0.144. The summed E-state index contributed by atoms with van der Waals surface area (Å²) < 4.78 is 16.0. The van der Waals surface area contributed by atoms with Gasteiger partial charge in [-0.1, -0.05) is 16.8 Å². The van der Waals surface area contributed by atoms with Crippen molar-refractivity contribution in [2.45, 2.75) is 20.3 Å². The van der Waals surface area contributed by atoms with Crippen LogP contribution in [0.2, 0.25) is 0 Å². The molecule has 136 valence electrons. The van der Waals surface area contributed by atoms with Gasteiger partial charge in [-0.25, -0.2) is 0 Å². The molecule has 1 aromatic heterocycles. The molecule has 0 unspecified atom stereocenters. The van der Waals surface area contributed by atoms with Crippen molar-refractivity contribution in [1.29, 1.82) is 0 Å². The number of anilines is 1. The maximum Gasteiger partial charge on any atom is 0.233 e. The maximum absolute atomic E-state index is 13.0. The lowest BCUT2D eigenvalue weighted by molar-refractivity contribution is -0.118. The van der Waals surface area contributed by atoms with Crippen LogP contribution in [0.5, 0.6) is 11.5 Å². The van der Waals surface area contributed by atoms with Crippen LogP contribution in [0.3, 0.4) is 0 Å². The fraction of sp³-hybridized carbons (Fsp3) is 0.300. The summed E-state index contributed by atoms with van der Waals surface area (Å²) in [5, 5.41) is 4.95. The van der Waals surface area contributed by atoms with Gasteiger partial charge in [0.05, 0.1) is 26.3 Å². The summed E-state index contributed by atoms with van der Waals surface area (Å²) in [6.45, 7) is 4.41. The predicted molar refractivity (Wildman–Crippen MR) is 100 cm³/mol. The highest BCUT2D eigenvalue weighted by Crippen LogP contribution is 2.33. The van der Waals surface area contributed by atoms with Gasteiger partial charge in [-0.05, 0) is 38.1 Å². The Morgan fingerprint density at radius 1 is 1.15 bits per heavy atom. The third-order valence-electron chi connectivity index (χ3n) is 4.31. The zero-order valence-corrected chi connectivity index (χ0v) is 15.4. The topological polar surface area (TPSA) is 64.8 Å². The lowest BCUT2D eigenvalue weighted by Crippen LogP contribution is -2.32. The van der Waals surface area contributed by atoms with E-state index in [0.29, 0.717) is 35.0 Å². The number of nitrogens with zero attached hydrogens (tertiary/aromatic N) is 2. The van der Waals surface area contributed by atoms with Crippen molar-refractivity contribution in [2.75, 3.05) is 25.7 Å². The predicted octanol–water partition coefficient (Wildman–Crippen LogP) is 3.75. The Kier molecular flexibility index (Phi) is 5.11. The highest BCUT2D eigenvalue weighted by molar-refractivity contribution is 5.98. The first-order chi connectivity index (χ1) is 12.6. The number of rotatable bonds is 6. The van der Waals surface area contributed by atoms with E-state index in [4.69, 9.17) is 14.0 Å². The van der Waals surface area contributed by atoms with Crippen molar-refractivity contribution in [1.82, 2.24) is 5.16 Å². The second-order valence-electron chi connectivity index (χ2n) is 5.98. The average molecular weight is 354 g/mol. The van der Waals surface area contributed by atoms with Crippen LogP contribution in [-0.4, -0.2) is 31.8 Å². The van der Waals surface area contributed by atoms with Crippen molar-refractivity contribution in [2.24, 2.45) is 0 Å². The quantitative estimate of drug-likeness (QED) is 0.674. The molecule has 2 aromatic carbocycles. The highest BCUT2D eigenvalue weighted by atomic mass is 16.5. The van der Waals surface area contributed by atoms with Crippen LogP contribution < -0.4 is 14.4 Å². The molecule has 3 rings (SSSR count). The van der Waals surface area contributed by atoms with Gasteiger partial charge in [0.2, 0.25) is 5.91 Å². The summed E-state index contributed by atoms with van der Waals surface area (Å²) >= 11 is 0. The number of aromatic nitrogens is 1. The molecule has 6 nitrogen and oxygen atoms in total. The number of methoxy groups -OCH3 is 2. The van der Waals surface area contributed by atoms with E-state index in [1.807, 2.05) is 32.0 Å². The lowest BCUT2D eigenvalue weighted by atomic mass is 10.1. The molecular weight excluding hydrogens is 332 g/mol. The number of carbonyl (C=O) groups is 1. The average Bonchev–Trinajstić information content (AvgIpc) is 3.04. The van der Waals surface area contributed by atoms with Gasteiger partial charge in [0.25, 0.3) is 0 Å². The van der Waals surface area contributed by atoms with Crippen molar-refractivity contribution >= 4 is 22.6 Å². The van der Waals surface area contributed by atoms with Gasteiger partial charge in [0.1, 0.15) is 17.2 Å². The molecule has 6 heteroatoms. The number of aryl methyl sites for hydroxylation is 1. The number of carbonyl (C=O) groups excluding carboxylic acids is 1.